The summed E-state index contributed by atoms with van der Waals surface area (Å²) in [4.78, 5) is 11.7. The maximum atomic E-state index is 11.7. The first-order chi connectivity index (χ1) is 9.75. The van der Waals surface area contributed by atoms with E-state index in [0.717, 1.165) is 6.42 Å². The highest BCUT2D eigenvalue weighted by molar-refractivity contribution is 5.69. The van der Waals surface area contributed by atoms with E-state index in [0.29, 0.717) is 13.0 Å². The summed E-state index contributed by atoms with van der Waals surface area (Å²) in [6, 6.07) is 20.1. The fourth-order valence-electron chi connectivity index (χ4n) is 2.06. The van der Waals surface area contributed by atoms with E-state index in [9.17, 15) is 4.79 Å². The summed E-state index contributed by atoms with van der Waals surface area (Å²) >= 11 is 0. The molecule has 0 heterocycles. The van der Waals surface area contributed by atoms with Crippen LogP contribution in [-0.4, -0.2) is 12.6 Å². The van der Waals surface area contributed by atoms with Crippen molar-refractivity contribution in [3.63, 3.8) is 0 Å². The number of aryl methyl sites for hydroxylation is 1. The maximum absolute atomic E-state index is 11.7. The van der Waals surface area contributed by atoms with Crippen LogP contribution in [0.2, 0.25) is 0 Å². The topological polar surface area (TPSA) is 26.3 Å². The van der Waals surface area contributed by atoms with E-state index < -0.39 is 0 Å². The molecule has 0 N–H and O–H groups in total. The van der Waals surface area contributed by atoms with E-state index in [4.69, 9.17) is 4.74 Å². The molecule has 2 heteroatoms. The van der Waals surface area contributed by atoms with Crippen LogP contribution in [0.3, 0.4) is 0 Å². The Kier molecular flexibility index (Phi) is 5.36. The molecule has 0 spiro atoms. The third-order valence-electron chi connectivity index (χ3n) is 3.32. The lowest BCUT2D eigenvalue weighted by atomic mass is 10.0. The number of benzene rings is 2. The van der Waals surface area contributed by atoms with Crippen molar-refractivity contribution in [3.8, 4) is 0 Å². The van der Waals surface area contributed by atoms with Gasteiger partial charge in [-0.2, -0.15) is 0 Å². The molecule has 0 saturated carbocycles. The lowest BCUT2D eigenvalue weighted by Crippen LogP contribution is -2.11. The molecule has 104 valence electrons. The molecule has 0 fully saturated rings. The smallest absolute Gasteiger partial charge is 0.306 e. The van der Waals surface area contributed by atoms with Gasteiger partial charge in [0.05, 0.1) is 6.61 Å². The number of hydrogen-bond acceptors (Lipinski definition) is 2. The van der Waals surface area contributed by atoms with Crippen molar-refractivity contribution in [2.75, 3.05) is 6.61 Å². The van der Waals surface area contributed by atoms with Crippen LogP contribution < -0.4 is 0 Å². The first-order valence-corrected chi connectivity index (χ1v) is 7.00. The molecular weight excluding hydrogens is 248 g/mol. The van der Waals surface area contributed by atoms with Crippen molar-refractivity contribution in [3.05, 3.63) is 71.8 Å². The van der Waals surface area contributed by atoms with Crippen LogP contribution in [0, 0.1) is 0 Å². The average Bonchev–Trinajstić information content (AvgIpc) is 2.52. The van der Waals surface area contributed by atoms with E-state index in [2.05, 4.69) is 19.1 Å². The normalized spacial score (nSPS) is 11.8. The Morgan fingerprint density at radius 1 is 1.00 bits per heavy atom. The molecule has 0 saturated heterocycles. The SMILES string of the molecule is CC(COC(=O)CCc1ccccc1)c1ccccc1. The van der Waals surface area contributed by atoms with Gasteiger partial charge >= 0.3 is 5.97 Å². The molecular formula is C18H20O2. The van der Waals surface area contributed by atoms with Crippen molar-refractivity contribution >= 4 is 5.97 Å². The van der Waals surface area contributed by atoms with Crippen molar-refractivity contribution in [2.45, 2.75) is 25.7 Å². The second-order valence-electron chi connectivity index (χ2n) is 4.98. The van der Waals surface area contributed by atoms with Crippen LogP contribution in [0.15, 0.2) is 60.7 Å². The van der Waals surface area contributed by atoms with E-state index >= 15 is 0 Å². The van der Waals surface area contributed by atoms with Crippen molar-refractivity contribution in [1.29, 1.82) is 0 Å². The maximum Gasteiger partial charge on any atom is 0.306 e. The minimum atomic E-state index is -0.128. The summed E-state index contributed by atoms with van der Waals surface area (Å²) in [6.45, 7) is 2.51. The molecule has 0 aromatic heterocycles. The van der Waals surface area contributed by atoms with Crippen LogP contribution in [-0.2, 0) is 16.0 Å². The number of rotatable bonds is 6. The van der Waals surface area contributed by atoms with E-state index in [1.54, 1.807) is 0 Å². The molecule has 2 rings (SSSR count). The summed E-state index contributed by atoms with van der Waals surface area (Å²) in [5.74, 6) is 0.105. The zero-order chi connectivity index (χ0) is 14.2. The van der Waals surface area contributed by atoms with Gasteiger partial charge in [0.15, 0.2) is 0 Å². The van der Waals surface area contributed by atoms with Crippen LogP contribution in [0.5, 0.6) is 0 Å². The molecule has 1 atom stereocenters. The zero-order valence-electron chi connectivity index (χ0n) is 11.8. The minimum Gasteiger partial charge on any atom is -0.465 e. The lowest BCUT2D eigenvalue weighted by Gasteiger charge is -2.12. The highest BCUT2D eigenvalue weighted by Crippen LogP contribution is 2.15. The summed E-state index contributed by atoms with van der Waals surface area (Å²) in [6.07, 6.45) is 1.17. The fraction of sp³-hybridized carbons (Fsp3) is 0.278. The third kappa shape index (κ3) is 4.54. The Morgan fingerprint density at radius 3 is 2.25 bits per heavy atom. The summed E-state index contributed by atoms with van der Waals surface area (Å²) < 4.78 is 5.34. The summed E-state index contributed by atoms with van der Waals surface area (Å²) in [7, 11) is 0. The van der Waals surface area contributed by atoms with Gasteiger partial charge in [-0.1, -0.05) is 67.6 Å². The van der Waals surface area contributed by atoms with Gasteiger partial charge in [-0.15, -0.1) is 0 Å². The number of esters is 1. The molecule has 0 radical (unpaired) electrons. The molecule has 0 aliphatic carbocycles. The zero-order valence-corrected chi connectivity index (χ0v) is 11.8. The van der Waals surface area contributed by atoms with E-state index in [-0.39, 0.29) is 11.9 Å². The van der Waals surface area contributed by atoms with E-state index in [1.807, 2.05) is 48.5 Å². The quantitative estimate of drug-likeness (QED) is 0.741. The van der Waals surface area contributed by atoms with Crippen LogP contribution in [0.25, 0.3) is 0 Å². The Bertz CT molecular complexity index is 520. The molecule has 2 aromatic carbocycles. The van der Waals surface area contributed by atoms with Gasteiger partial charge < -0.3 is 4.74 Å². The molecule has 1 unspecified atom stereocenters. The lowest BCUT2D eigenvalue weighted by molar-refractivity contribution is -0.144. The third-order valence-corrected chi connectivity index (χ3v) is 3.32. The highest BCUT2D eigenvalue weighted by Gasteiger charge is 2.09. The average molecular weight is 268 g/mol. The molecule has 20 heavy (non-hydrogen) atoms. The molecule has 0 aliphatic rings. The minimum absolute atomic E-state index is 0.128. The predicted molar refractivity (Wildman–Crippen MR) is 80.6 cm³/mol. The van der Waals surface area contributed by atoms with Crippen molar-refractivity contribution in [2.24, 2.45) is 0 Å². The molecule has 0 aliphatic heterocycles. The molecule has 0 bridgehead atoms. The Labute approximate surface area is 120 Å². The Balaban J connectivity index is 1.73. The Morgan fingerprint density at radius 2 is 1.60 bits per heavy atom. The van der Waals surface area contributed by atoms with Gasteiger partial charge in [0.25, 0.3) is 0 Å². The fourth-order valence-corrected chi connectivity index (χ4v) is 2.06. The number of carbonyl (C=O) groups excluding carboxylic acids is 1. The van der Waals surface area contributed by atoms with Gasteiger partial charge in [-0.05, 0) is 17.5 Å². The summed E-state index contributed by atoms with van der Waals surface area (Å²) in [5, 5.41) is 0. The van der Waals surface area contributed by atoms with Crippen molar-refractivity contribution in [1.82, 2.24) is 0 Å². The monoisotopic (exact) mass is 268 g/mol. The largest absolute Gasteiger partial charge is 0.465 e. The molecule has 2 nitrogen and oxygen atoms in total. The summed E-state index contributed by atoms with van der Waals surface area (Å²) in [5.41, 5.74) is 2.36. The highest BCUT2D eigenvalue weighted by atomic mass is 16.5. The molecule has 2 aromatic rings. The number of hydrogen-bond donors (Lipinski definition) is 0. The standard InChI is InChI=1S/C18H20O2/c1-15(17-10-6-3-7-11-17)14-20-18(19)13-12-16-8-4-2-5-9-16/h2-11,15H,12-14H2,1H3. The van der Waals surface area contributed by atoms with Crippen LogP contribution in [0.4, 0.5) is 0 Å². The van der Waals surface area contributed by atoms with Gasteiger partial charge in [-0.3, -0.25) is 4.79 Å². The van der Waals surface area contributed by atoms with Gasteiger partial charge in [-0.25, -0.2) is 0 Å². The predicted octanol–water partition coefficient (Wildman–Crippen LogP) is 3.97. The van der Waals surface area contributed by atoms with Crippen LogP contribution >= 0.6 is 0 Å². The van der Waals surface area contributed by atoms with Crippen LogP contribution in [0.1, 0.15) is 30.4 Å². The second kappa shape index (κ2) is 7.49. The van der Waals surface area contributed by atoms with E-state index in [1.165, 1.54) is 11.1 Å². The number of carbonyl (C=O) groups is 1. The van der Waals surface area contributed by atoms with Gasteiger partial charge in [0.2, 0.25) is 0 Å². The molecule has 0 amide bonds. The van der Waals surface area contributed by atoms with Crippen molar-refractivity contribution < 1.29 is 9.53 Å². The second-order valence-corrected chi connectivity index (χ2v) is 4.98. The Hall–Kier alpha value is -2.09. The van der Waals surface area contributed by atoms with Gasteiger partial charge in [0.1, 0.15) is 0 Å². The van der Waals surface area contributed by atoms with Gasteiger partial charge in [0, 0.05) is 12.3 Å². The first-order valence-electron chi connectivity index (χ1n) is 7.00. The first kappa shape index (κ1) is 14.3. The number of ether oxygens (including phenoxy) is 1.